The molecule has 0 spiro atoms. The molecule has 0 aliphatic carbocycles. The zero-order chi connectivity index (χ0) is 49.5. The van der Waals surface area contributed by atoms with Crippen molar-refractivity contribution >= 4 is 11.9 Å². The largest absolute Gasteiger partial charge is 0.462 e. The van der Waals surface area contributed by atoms with Crippen molar-refractivity contribution < 1.29 is 24.5 Å². The first-order valence-corrected chi connectivity index (χ1v) is 29.2. The van der Waals surface area contributed by atoms with E-state index < -0.39 is 18.2 Å². The number of hydrogen-bond acceptors (Lipinski definition) is 5. The average molecular weight is 951 g/mol. The topological polar surface area (TPSA) is 95.9 Å². The van der Waals surface area contributed by atoms with Crippen LogP contribution in [0.1, 0.15) is 284 Å². The van der Waals surface area contributed by atoms with Gasteiger partial charge in [-0.2, -0.15) is 0 Å². The van der Waals surface area contributed by atoms with Crippen molar-refractivity contribution in [3.05, 3.63) is 72.9 Å². The van der Waals surface area contributed by atoms with E-state index in [0.717, 1.165) is 96.3 Å². The number of ether oxygens (including phenoxy) is 1. The summed E-state index contributed by atoms with van der Waals surface area (Å²) in [4.78, 5) is 26.3. The van der Waals surface area contributed by atoms with Gasteiger partial charge in [-0.15, -0.1) is 0 Å². The van der Waals surface area contributed by atoms with Gasteiger partial charge in [0, 0.05) is 6.42 Å². The Morgan fingerprint density at radius 3 is 1.31 bits per heavy atom. The van der Waals surface area contributed by atoms with Gasteiger partial charge in [-0.05, 0) is 83.5 Å². The number of rotatable bonds is 52. The Kier molecular flexibility index (Phi) is 53.0. The highest BCUT2D eigenvalue weighted by Crippen LogP contribution is 2.18. The van der Waals surface area contributed by atoms with Gasteiger partial charge in [0.05, 0.1) is 25.2 Å². The lowest BCUT2D eigenvalue weighted by atomic mass is 10.0. The normalized spacial score (nSPS) is 13.7. The fourth-order valence-electron chi connectivity index (χ4n) is 8.65. The van der Waals surface area contributed by atoms with Gasteiger partial charge in [0.2, 0.25) is 5.91 Å². The average Bonchev–Trinajstić information content (AvgIpc) is 3.33. The molecule has 394 valence electrons. The Hall–Kier alpha value is -2.70. The van der Waals surface area contributed by atoms with Gasteiger partial charge in [-0.25, -0.2) is 0 Å². The predicted octanol–water partition coefficient (Wildman–Crippen LogP) is 18.1. The second-order valence-corrected chi connectivity index (χ2v) is 19.7. The van der Waals surface area contributed by atoms with Crippen molar-refractivity contribution in [3.8, 4) is 0 Å². The number of aliphatic hydroxyl groups is 2. The summed E-state index contributed by atoms with van der Waals surface area (Å²) in [6, 6.07) is -0.726. The van der Waals surface area contributed by atoms with Crippen molar-refractivity contribution in [2.45, 2.75) is 302 Å². The third-order valence-corrected chi connectivity index (χ3v) is 13.0. The number of nitrogens with one attached hydrogen (secondary N) is 1. The quantitative estimate of drug-likeness (QED) is 0.0244. The van der Waals surface area contributed by atoms with Crippen molar-refractivity contribution in [3.63, 3.8) is 0 Å². The van der Waals surface area contributed by atoms with E-state index in [4.69, 9.17) is 4.74 Å². The van der Waals surface area contributed by atoms with E-state index >= 15 is 0 Å². The summed E-state index contributed by atoms with van der Waals surface area (Å²) in [7, 11) is 0. The lowest BCUT2D eigenvalue weighted by Gasteiger charge is -2.24. The Morgan fingerprint density at radius 1 is 0.456 bits per heavy atom. The Bertz CT molecular complexity index is 1250. The van der Waals surface area contributed by atoms with Crippen molar-refractivity contribution in [2.75, 3.05) is 6.61 Å². The molecule has 0 saturated carbocycles. The fourth-order valence-corrected chi connectivity index (χ4v) is 8.65. The molecule has 1 amide bonds. The number of carbonyl (C=O) groups excluding carboxylic acids is 2. The van der Waals surface area contributed by atoms with Crippen LogP contribution in [0.5, 0.6) is 0 Å². The maximum absolute atomic E-state index is 13.3. The first kappa shape index (κ1) is 65.3. The smallest absolute Gasteiger partial charge is 0.306 e. The summed E-state index contributed by atoms with van der Waals surface area (Å²) in [5.74, 6) is -0.542. The fraction of sp³-hybridized carbons (Fsp3) is 0.774. The van der Waals surface area contributed by atoms with Gasteiger partial charge in [-0.1, -0.05) is 261 Å². The summed E-state index contributed by atoms with van der Waals surface area (Å²) < 4.78 is 5.92. The highest BCUT2D eigenvalue weighted by Gasteiger charge is 2.24. The van der Waals surface area contributed by atoms with Crippen LogP contribution in [0.4, 0.5) is 0 Å². The molecule has 0 radical (unpaired) electrons. The molecule has 0 aromatic heterocycles. The highest BCUT2D eigenvalue weighted by atomic mass is 16.5. The number of aliphatic hydroxyl groups excluding tert-OH is 2. The molecular weight excluding hydrogens is 839 g/mol. The Labute approximate surface area is 421 Å². The number of allylic oxidation sites excluding steroid dienone is 12. The van der Waals surface area contributed by atoms with Crippen LogP contribution in [0.25, 0.3) is 0 Å². The molecule has 0 heterocycles. The molecule has 0 fully saturated rings. The van der Waals surface area contributed by atoms with Gasteiger partial charge in [-0.3, -0.25) is 9.59 Å². The first-order valence-electron chi connectivity index (χ1n) is 29.2. The van der Waals surface area contributed by atoms with Crippen LogP contribution in [0.2, 0.25) is 0 Å². The molecule has 3 N–H and O–H groups in total. The SMILES string of the molecule is CC/C=C/C/C=C/C/C=C/C/C=C/CCCC(CC(=O)NC(CO)C(O)CCCCCCCCCCCCCCCCCCC)OC(=O)CCCCCCC/C=C/C=C/CCCCCCCCC. The minimum atomic E-state index is -0.808. The second-order valence-electron chi connectivity index (χ2n) is 19.7. The maximum atomic E-state index is 13.3. The van der Waals surface area contributed by atoms with Crippen LogP contribution in [0, 0.1) is 0 Å². The zero-order valence-corrected chi connectivity index (χ0v) is 45.0. The van der Waals surface area contributed by atoms with Crippen LogP contribution in [0.15, 0.2) is 72.9 Å². The van der Waals surface area contributed by atoms with E-state index in [2.05, 4.69) is 99.0 Å². The van der Waals surface area contributed by atoms with E-state index in [1.807, 2.05) is 0 Å². The monoisotopic (exact) mass is 950 g/mol. The van der Waals surface area contributed by atoms with Gasteiger partial charge in [0.15, 0.2) is 0 Å². The van der Waals surface area contributed by atoms with Crippen molar-refractivity contribution in [1.29, 1.82) is 0 Å². The third kappa shape index (κ3) is 49.7. The number of carbonyl (C=O) groups is 2. The first-order chi connectivity index (χ1) is 33.5. The lowest BCUT2D eigenvalue weighted by Crippen LogP contribution is -2.46. The van der Waals surface area contributed by atoms with Crippen LogP contribution < -0.4 is 5.32 Å². The zero-order valence-electron chi connectivity index (χ0n) is 45.0. The van der Waals surface area contributed by atoms with Crippen LogP contribution in [-0.4, -0.2) is 46.9 Å². The molecule has 0 aliphatic rings. The molecule has 6 heteroatoms. The van der Waals surface area contributed by atoms with Crippen LogP contribution in [0.3, 0.4) is 0 Å². The molecule has 0 aromatic rings. The van der Waals surface area contributed by atoms with Gasteiger partial charge >= 0.3 is 5.97 Å². The van der Waals surface area contributed by atoms with E-state index in [1.54, 1.807) is 0 Å². The van der Waals surface area contributed by atoms with Gasteiger partial charge < -0.3 is 20.3 Å². The minimum absolute atomic E-state index is 0.0319. The molecule has 3 unspecified atom stereocenters. The number of unbranched alkanes of at least 4 members (excludes halogenated alkanes) is 29. The summed E-state index contributed by atoms with van der Waals surface area (Å²) in [6.07, 6.45) is 71.2. The van der Waals surface area contributed by atoms with E-state index in [-0.39, 0.29) is 24.9 Å². The summed E-state index contributed by atoms with van der Waals surface area (Å²) in [5.41, 5.74) is 0. The standard InChI is InChI=1S/C62H111NO5/c1-4-7-10-13-16-19-22-25-28-30-32-34-37-40-43-46-49-52-55-62(67)68-58(53-50-47-44-41-38-35-27-24-21-18-15-12-9-6-3)56-61(66)63-59(57-64)60(65)54-51-48-45-42-39-36-33-31-29-26-23-20-17-14-11-8-5-2/h9,12,18,21,27-28,30,32,34-35,41,44,58-60,64-65H,4-8,10-11,13-17,19-20,22-26,29,31,33,36-40,42-43,45-57H2,1-3H3,(H,63,66)/b12-9+,21-18+,30-28+,34-32+,35-27+,44-41+. The van der Waals surface area contributed by atoms with Crippen LogP contribution in [-0.2, 0) is 14.3 Å². The molecule has 0 aromatic carbocycles. The third-order valence-electron chi connectivity index (χ3n) is 13.0. The summed E-state index contributed by atoms with van der Waals surface area (Å²) in [6.45, 7) is 6.37. The van der Waals surface area contributed by atoms with Gasteiger partial charge in [0.1, 0.15) is 6.10 Å². The van der Waals surface area contributed by atoms with E-state index in [1.165, 1.54) is 141 Å². The molecule has 0 rings (SSSR count). The van der Waals surface area contributed by atoms with Crippen LogP contribution >= 0.6 is 0 Å². The lowest BCUT2D eigenvalue weighted by molar-refractivity contribution is -0.151. The second kappa shape index (κ2) is 55.2. The molecular formula is C62H111NO5. The van der Waals surface area contributed by atoms with E-state index in [0.29, 0.717) is 19.3 Å². The molecule has 0 aliphatic heterocycles. The molecule has 3 atom stereocenters. The molecule has 0 saturated heterocycles. The van der Waals surface area contributed by atoms with E-state index in [9.17, 15) is 19.8 Å². The minimum Gasteiger partial charge on any atom is -0.462 e. The summed E-state index contributed by atoms with van der Waals surface area (Å²) in [5, 5.41) is 23.9. The van der Waals surface area contributed by atoms with Gasteiger partial charge in [0.25, 0.3) is 0 Å². The molecule has 6 nitrogen and oxygen atoms in total. The number of amides is 1. The maximum Gasteiger partial charge on any atom is 0.306 e. The number of esters is 1. The molecule has 0 bridgehead atoms. The Balaban J connectivity index is 4.61. The highest BCUT2D eigenvalue weighted by molar-refractivity contribution is 5.77. The summed E-state index contributed by atoms with van der Waals surface area (Å²) >= 11 is 0. The Morgan fingerprint density at radius 2 is 0.853 bits per heavy atom. The van der Waals surface area contributed by atoms with Crippen molar-refractivity contribution in [1.82, 2.24) is 5.32 Å². The predicted molar refractivity (Wildman–Crippen MR) is 296 cm³/mol. The molecule has 68 heavy (non-hydrogen) atoms. The number of hydrogen-bond donors (Lipinski definition) is 3. The van der Waals surface area contributed by atoms with Crippen molar-refractivity contribution in [2.24, 2.45) is 0 Å².